The van der Waals surface area contributed by atoms with Gasteiger partial charge < -0.3 is 10.1 Å². The van der Waals surface area contributed by atoms with E-state index in [-0.39, 0.29) is 18.0 Å². The molecule has 0 radical (unpaired) electrons. The summed E-state index contributed by atoms with van der Waals surface area (Å²) in [5, 5.41) is 3.14. The SMILES string of the molecule is CNC(c1cccc(Br)c1F)C1CCCO1. The molecule has 1 fully saturated rings. The summed E-state index contributed by atoms with van der Waals surface area (Å²) in [4.78, 5) is 0. The molecule has 0 bridgehead atoms. The maximum atomic E-state index is 13.9. The molecule has 2 unspecified atom stereocenters. The Bertz CT molecular complexity index is 366. The van der Waals surface area contributed by atoms with Crippen LogP contribution in [-0.2, 0) is 4.74 Å². The summed E-state index contributed by atoms with van der Waals surface area (Å²) in [7, 11) is 1.84. The largest absolute Gasteiger partial charge is 0.376 e. The van der Waals surface area contributed by atoms with Gasteiger partial charge in [-0.05, 0) is 41.9 Å². The molecule has 0 aliphatic carbocycles. The number of hydrogen-bond acceptors (Lipinski definition) is 2. The van der Waals surface area contributed by atoms with Gasteiger partial charge in [0.05, 0.1) is 16.6 Å². The summed E-state index contributed by atoms with van der Waals surface area (Å²) in [5.41, 5.74) is 0.670. The minimum atomic E-state index is -0.197. The second-order valence-electron chi connectivity index (χ2n) is 3.96. The molecule has 2 rings (SSSR count). The number of likely N-dealkylation sites (N-methyl/N-ethyl adjacent to an activating group) is 1. The Balaban J connectivity index is 2.28. The highest BCUT2D eigenvalue weighted by Gasteiger charge is 2.28. The Morgan fingerprint density at radius 2 is 2.38 bits per heavy atom. The van der Waals surface area contributed by atoms with Gasteiger partial charge in [0.1, 0.15) is 5.82 Å². The van der Waals surface area contributed by atoms with Crippen molar-refractivity contribution >= 4 is 15.9 Å². The Morgan fingerprint density at radius 1 is 1.56 bits per heavy atom. The molecule has 1 aromatic rings. The van der Waals surface area contributed by atoms with Crippen LogP contribution >= 0.6 is 15.9 Å². The highest BCUT2D eigenvalue weighted by atomic mass is 79.9. The zero-order valence-corrected chi connectivity index (χ0v) is 10.8. The summed E-state index contributed by atoms with van der Waals surface area (Å²) < 4.78 is 20.1. The smallest absolute Gasteiger partial charge is 0.142 e. The van der Waals surface area contributed by atoms with Crippen molar-refractivity contribution in [1.29, 1.82) is 0 Å². The van der Waals surface area contributed by atoms with Crippen LogP contribution in [0.2, 0.25) is 0 Å². The van der Waals surface area contributed by atoms with Gasteiger partial charge in [-0.15, -0.1) is 0 Å². The number of rotatable bonds is 3. The van der Waals surface area contributed by atoms with Crippen molar-refractivity contribution in [1.82, 2.24) is 5.32 Å². The van der Waals surface area contributed by atoms with Gasteiger partial charge in [0.25, 0.3) is 0 Å². The maximum absolute atomic E-state index is 13.9. The fraction of sp³-hybridized carbons (Fsp3) is 0.500. The molecule has 2 atom stereocenters. The normalized spacial score (nSPS) is 22.3. The predicted molar refractivity (Wildman–Crippen MR) is 64.9 cm³/mol. The zero-order chi connectivity index (χ0) is 11.5. The lowest BCUT2D eigenvalue weighted by Crippen LogP contribution is -2.29. The molecule has 0 amide bonds. The molecule has 4 heteroatoms. The Morgan fingerprint density at radius 3 is 3.00 bits per heavy atom. The number of nitrogens with one attached hydrogen (secondary N) is 1. The lowest BCUT2D eigenvalue weighted by Gasteiger charge is -2.23. The van der Waals surface area contributed by atoms with E-state index in [1.807, 2.05) is 19.2 Å². The third-order valence-corrected chi connectivity index (χ3v) is 3.58. The van der Waals surface area contributed by atoms with Crippen molar-refractivity contribution in [2.75, 3.05) is 13.7 Å². The molecule has 0 spiro atoms. The summed E-state index contributed by atoms with van der Waals surface area (Å²) in [6, 6.07) is 5.30. The zero-order valence-electron chi connectivity index (χ0n) is 9.17. The van der Waals surface area contributed by atoms with Crippen LogP contribution in [0.1, 0.15) is 24.4 Å². The average molecular weight is 288 g/mol. The van der Waals surface area contributed by atoms with Gasteiger partial charge in [0.15, 0.2) is 0 Å². The minimum Gasteiger partial charge on any atom is -0.376 e. The van der Waals surface area contributed by atoms with E-state index in [1.165, 1.54) is 0 Å². The van der Waals surface area contributed by atoms with Crippen LogP contribution in [0.3, 0.4) is 0 Å². The van der Waals surface area contributed by atoms with Gasteiger partial charge in [-0.3, -0.25) is 0 Å². The van der Waals surface area contributed by atoms with Crippen molar-refractivity contribution in [3.05, 3.63) is 34.1 Å². The fourth-order valence-corrected chi connectivity index (χ4v) is 2.55. The number of hydrogen-bond donors (Lipinski definition) is 1. The molecule has 1 heterocycles. The van der Waals surface area contributed by atoms with E-state index in [9.17, 15) is 4.39 Å². The predicted octanol–water partition coefficient (Wildman–Crippen LogP) is 3.03. The first-order valence-corrected chi connectivity index (χ1v) is 6.26. The van der Waals surface area contributed by atoms with Crippen molar-refractivity contribution < 1.29 is 9.13 Å². The lowest BCUT2D eigenvalue weighted by molar-refractivity contribution is 0.0796. The average Bonchev–Trinajstić information content (AvgIpc) is 2.79. The van der Waals surface area contributed by atoms with Crippen LogP contribution < -0.4 is 5.32 Å². The van der Waals surface area contributed by atoms with E-state index >= 15 is 0 Å². The molecule has 88 valence electrons. The van der Waals surface area contributed by atoms with Crippen LogP contribution in [0.25, 0.3) is 0 Å². The summed E-state index contributed by atoms with van der Waals surface area (Å²) in [6.45, 7) is 0.776. The van der Waals surface area contributed by atoms with Gasteiger partial charge in [-0.1, -0.05) is 12.1 Å². The number of benzene rings is 1. The summed E-state index contributed by atoms with van der Waals surface area (Å²) in [5.74, 6) is -0.197. The second kappa shape index (κ2) is 5.25. The van der Waals surface area contributed by atoms with E-state index in [2.05, 4.69) is 21.2 Å². The Labute approximate surface area is 103 Å². The van der Waals surface area contributed by atoms with Crippen molar-refractivity contribution in [3.63, 3.8) is 0 Å². The first kappa shape index (κ1) is 12.0. The van der Waals surface area contributed by atoms with Crippen molar-refractivity contribution in [2.45, 2.75) is 25.0 Å². The third kappa shape index (κ3) is 2.29. The minimum absolute atomic E-state index is 0.0694. The highest BCUT2D eigenvalue weighted by molar-refractivity contribution is 9.10. The van der Waals surface area contributed by atoms with Crippen LogP contribution in [0.5, 0.6) is 0 Å². The summed E-state index contributed by atoms with van der Waals surface area (Å²) >= 11 is 3.21. The standard InChI is InChI=1S/C12H15BrFNO/c1-15-12(10-6-3-7-16-10)8-4-2-5-9(13)11(8)14/h2,4-5,10,12,15H,3,6-7H2,1H3. The number of halogens is 2. The molecule has 1 saturated heterocycles. The third-order valence-electron chi connectivity index (χ3n) is 2.96. The van der Waals surface area contributed by atoms with Crippen LogP contribution in [0.15, 0.2) is 22.7 Å². The monoisotopic (exact) mass is 287 g/mol. The molecule has 0 aromatic heterocycles. The molecule has 1 aliphatic rings. The molecule has 1 aromatic carbocycles. The summed E-state index contributed by atoms with van der Waals surface area (Å²) in [6.07, 6.45) is 2.12. The second-order valence-corrected chi connectivity index (χ2v) is 4.82. The van der Waals surface area contributed by atoms with Crippen LogP contribution in [-0.4, -0.2) is 19.8 Å². The van der Waals surface area contributed by atoms with Gasteiger partial charge in [0.2, 0.25) is 0 Å². The first-order valence-electron chi connectivity index (χ1n) is 5.47. The van der Waals surface area contributed by atoms with Crippen molar-refractivity contribution in [3.8, 4) is 0 Å². The van der Waals surface area contributed by atoms with Gasteiger partial charge in [0, 0.05) is 12.2 Å². The maximum Gasteiger partial charge on any atom is 0.142 e. The molecule has 16 heavy (non-hydrogen) atoms. The van der Waals surface area contributed by atoms with Crippen molar-refractivity contribution in [2.24, 2.45) is 0 Å². The van der Waals surface area contributed by atoms with E-state index < -0.39 is 0 Å². The molecule has 0 saturated carbocycles. The van der Waals surface area contributed by atoms with Gasteiger partial charge >= 0.3 is 0 Å². The number of ether oxygens (including phenoxy) is 1. The Kier molecular flexibility index (Phi) is 3.95. The van der Waals surface area contributed by atoms with Gasteiger partial charge in [-0.2, -0.15) is 0 Å². The first-order chi connectivity index (χ1) is 7.74. The van der Waals surface area contributed by atoms with E-state index in [1.54, 1.807) is 6.07 Å². The quantitative estimate of drug-likeness (QED) is 0.923. The highest BCUT2D eigenvalue weighted by Crippen LogP contribution is 2.30. The molecular formula is C12H15BrFNO. The molecule has 1 N–H and O–H groups in total. The van der Waals surface area contributed by atoms with Crippen LogP contribution in [0.4, 0.5) is 4.39 Å². The Hall–Kier alpha value is -0.450. The van der Waals surface area contributed by atoms with E-state index in [0.29, 0.717) is 10.0 Å². The fourth-order valence-electron chi connectivity index (χ4n) is 2.17. The van der Waals surface area contributed by atoms with Crippen LogP contribution in [0, 0.1) is 5.82 Å². The van der Waals surface area contributed by atoms with E-state index in [0.717, 1.165) is 19.4 Å². The topological polar surface area (TPSA) is 21.3 Å². The molecular weight excluding hydrogens is 273 g/mol. The van der Waals surface area contributed by atoms with Gasteiger partial charge in [-0.25, -0.2) is 4.39 Å². The molecule has 2 nitrogen and oxygen atoms in total. The lowest BCUT2D eigenvalue weighted by atomic mass is 9.99. The molecule has 1 aliphatic heterocycles. The van der Waals surface area contributed by atoms with E-state index in [4.69, 9.17) is 4.74 Å².